The molecule has 0 bridgehead atoms. The monoisotopic (exact) mass is 280 g/mol. The molecule has 0 saturated carbocycles. The summed E-state index contributed by atoms with van der Waals surface area (Å²) in [7, 11) is 3.77. The zero-order valence-corrected chi connectivity index (χ0v) is 13.0. The summed E-state index contributed by atoms with van der Waals surface area (Å²) in [5.41, 5.74) is 2.93. The maximum absolute atomic E-state index is 5.19. The van der Waals surface area contributed by atoms with Gasteiger partial charge >= 0.3 is 0 Å². The second-order valence-electron chi connectivity index (χ2n) is 5.10. The van der Waals surface area contributed by atoms with Gasteiger partial charge in [-0.25, -0.2) is 0 Å². The zero-order valence-electron chi connectivity index (χ0n) is 12.2. The van der Waals surface area contributed by atoms with Crippen molar-refractivity contribution in [1.29, 1.82) is 0 Å². The van der Waals surface area contributed by atoms with Crippen LogP contribution >= 0.6 is 11.3 Å². The van der Waals surface area contributed by atoms with E-state index in [0.29, 0.717) is 0 Å². The molecule has 0 saturated heterocycles. The first-order chi connectivity index (χ1) is 9.22. The van der Waals surface area contributed by atoms with Crippen molar-refractivity contribution in [3.05, 3.63) is 33.0 Å². The third-order valence-electron chi connectivity index (χ3n) is 3.53. The number of rotatable bonds is 6. The lowest BCUT2D eigenvalue weighted by molar-refractivity contribution is 0.210. The highest BCUT2D eigenvalue weighted by Gasteiger charge is 2.14. The van der Waals surface area contributed by atoms with Gasteiger partial charge in [0.15, 0.2) is 0 Å². The Morgan fingerprint density at radius 3 is 2.95 bits per heavy atom. The minimum Gasteiger partial charge on any atom is -0.380 e. The molecule has 0 fully saturated rings. The van der Waals surface area contributed by atoms with E-state index in [2.05, 4.69) is 29.3 Å². The van der Waals surface area contributed by atoms with E-state index in [1.807, 2.05) is 18.4 Å². The summed E-state index contributed by atoms with van der Waals surface area (Å²) >= 11 is 1.91. The SMILES string of the molecule is CNCc1cc(CN2CC=C(COC)CC2)c(C)s1. The molecule has 1 aromatic rings. The quantitative estimate of drug-likeness (QED) is 0.811. The van der Waals surface area contributed by atoms with Crippen LogP contribution in [0.2, 0.25) is 0 Å². The summed E-state index contributed by atoms with van der Waals surface area (Å²) in [6.07, 6.45) is 3.46. The first-order valence-electron chi connectivity index (χ1n) is 6.85. The molecule has 0 aliphatic carbocycles. The van der Waals surface area contributed by atoms with Crippen LogP contribution in [0.5, 0.6) is 0 Å². The average molecular weight is 280 g/mol. The lowest BCUT2D eigenvalue weighted by Crippen LogP contribution is -2.29. The van der Waals surface area contributed by atoms with Crippen molar-refractivity contribution >= 4 is 11.3 Å². The predicted octanol–water partition coefficient (Wildman–Crippen LogP) is 2.55. The van der Waals surface area contributed by atoms with Crippen molar-refractivity contribution in [2.75, 3.05) is 33.9 Å². The Morgan fingerprint density at radius 2 is 2.32 bits per heavy atom. The molecule has 2 heterocycles. The van der Waals surface area contributed by atoms with Crippen LogP contribution in [0.1, 0.15) is 21.7 Å². The summed E-state index contributed by atoms with van der Waals surface area (Å²) in [6.45, 7) is 7.26. The number of hydrogen-bond donors (Lipinski definition) is 1. The van der Waals surface area contributed by atoms with Crippen molar-refractivity contribution < 1.29 is 4.74 Å². The smallest absolute Gasteiger partial charge is 0.0673 e. The van der Waals surface area contributed by atoms with E-state index >= 15 is 0 Å². The largest absolute Gasteiger partial charge is 0.380 e. The number of nitrogens with zero attached hydrogens (tertiary/aromatic N) is 1. The van der Waals surface area contributed by atoms with Gasteiger partial charge in [-0.3, -0.25) is 4.90 Å². The first-order valence-corrected chi connectivity index (χ1v) is 7.66. The fourth-order valence-corrected chi connectivity index (χ4v) is 3.53. The molecular weight excluding hydrogens is 256 g/mol. The summed E-state index contributed by atoms with van der Waals surface area (Å²) in [5.74, 6) is 0. The van der Waals surface area contributed by atoms with E-state index in [-0.39, 0.29) is 0 Å². The number of thiophene rings is 1. The molecular formula is C15H24N2OS. The molecule has 0 spiro atoms. The van der Waals surface area contributed by atoms with E-state index in [1.54, 1.807) is 7.11 Å². The molecule has 0 radical (unpaired) electrons. The molecule has 1 N–H and O–H groups in total. The van der Waals surface area contributed by atoms with Crippen molar-refractivity contribution in [3.63, 3.8) is 0 Å². The van der Waals surface area contributed by atoms with Crippen LogP contribution in [-0.4, -0.2) is 38.8 Å². The van der Waals surface area contributed by atoms with Gasteiger partial charge in [-0.1, -0.05) is 6.08 Å². The van der Waals surface area contributed by atoms with Gasteiger partial charge in [0.1, 0.15) is 0 Å². The minimum atomic E-state index is 0.789. The minimum absolute atomic E-state index is 0.789. The molecule has 0 aromatic carbocycles. The number of hydrogen-bond acceptors (Lipinski definition) is 4. The van der Waals surface area contributed by atoms with Crippen molar-refractivity contribution in [3.8, 4) is 0 Å². The molecule has 106 valence electrons. The summed E-state index contributed by atoms with van der Waals surface area (Å²) in [4.78, 5) is 5.40. The number of methoxy groups -OCH3 is 1. The highest BCUT2D eigenvalue weighted by atomic mass is 32.1. The Morgan fingerprint density at radius 1 is 1.47 bits per heavy atom. The maximum Gasteiger partial charge on any atom is 0.0673 e. The van der Waals surface area contributed by atoms with E-state index in [4.69, 9.17) is 4.74 Å². The van der Waals surface area contributed by atoms with Crippen LogP contribution in [-0.2, 0) is 17.8 Å². The van der Waals surface area contributed by atoms with Crippen LogP contribution in [0.3, 0.4) is 0 Å². The molecule has 0 atom stereocenters. The lowest BCUT2D eigenvalue weighted by atomic mass is 10.1. The fraction of sp³-hybridized carbons (Fsp3) is 0.600. The summed E-state index contributed by atoms with van der Waals surface area (Å²) in [6, 6.07) is 2.35. The Hall–Kier alpha value is -0.680. The van der Waals surface area contributed by atoms with Crippen molar-refractivity contribution in [2.24, 2.45) is 0 Å². The van der Waals surface area contributed by atoms with Crippen molar-refractivity contribution in [2.45, 2.75) is 26.4 Å². The van der Waals surface area contributed by atoms with E-state index in [0.717, 1.165) is 39.2 Å². The third-order valence-corrected chi connectivity index (χ3v) is 4.63. The molecule has 0 unspecified atom stereocenters. The van der Waals surface area contributed by atoms with Gasteiger partial charge in [0.2, 0.25) is 0 Å². The van der Waals surface area contributed by atoms with Gasteiger partial charge in [0, 0.05) is 43.0 Å². The van der Waals surface area contributed by atoms with Gasteiger partial charge < -0.3 is 10.1 Å². The normalized spacial score (nSPS) is 16.7. The van der Waals surface area contributed by atoms with Gasteiger partial charge in [0.05, 0.1) is 6.61 Å². The van der Waals surface area contributed by atoms with Crippen LogP contribution in [0.15, 0.2) is 17.7 Å². The Kier molecular flexibility index (Phi) is 5.58. The van der Waals surface area contributed by atoms with Crippen molar-refractivity contribution in [1.82, 2.24) is 10.2 Å². The topological polar surface area (TPSA) is 24.5 Å². The van der Waals surface area contributed by atoms with Crippen LogP contribution in [0.4, 0.5) is 0 Å². The van der Waals surface area contributed by atoms with Crippen LogP contribution < -0.4 is 5.32 Å². The van der Waals surface area contributed by atoms with Crippen LogP contribution in [0, 0.1) is 6.92 Å². The highest BCUT2D eigenvalue weighted by Crippen LogP contribution is 2.24. The summed E-state index contributed by atoms with van der Waals surface area (Å²) < 4.78 is 5.19. The molecule has 0 amide bonds. The zero-order chi connectivity index (χ0) is 13.7. The van der Waals surface area contributed by atoms with E-state index < -0.39 is 0 Å². The van der Waals surface area contributed by atoms with E-state index in [9.17, 15) is 0 Å². The predicted molar refractivity (Wildman–Crippen MR) is 81.7 cm³/mol. The second kappa shape index (κ2) is 7.20. The molecule has 1 aliphatic rings. The standard InChI is InChI=1S/C15H24N2OS/c1-12-14(8-15(19-12)9-16-2)10-17-6-4-13(5-7-17)11-18-3/h4,8,16H,5-7,9-11H2,1-3H3. The van der Waals surface area contributed by atoms with Gasteiger partial charge in [0.25, 0.3) is 0 Å². The van der Waals surface area contributed by atoms with Gasteiger partial charge in [-0.2, -0.15) is 0 Å². The Balaban J connectivity index is 1.91. The van der Waals surface area contributed by atoms with Gasteiger partial charge in [-0.15, -0.1) is 11.3 Å². The lowest BCUT2D eigenvalue weighted by Gasteiger charge is -2.26. The van der Waals surface area contributed by atoms with Gasteiger partial charge in [-0.05, 0) is 37.6 Å². The second-order valence-corrected chi connectivity index (χ2v) is 6.45. The number of aryl methyl sites for hydroxylation is 1. The van der Waals surface area contributed by atoms with Crippen LogP contribution in [0.25, 0.3) is 0 Å². The average Bonchev–Trinajstić information content (AvgIpc) is 2.73. The molecule has 1 aromatic heterocycles. The summed E-state index contributed by atoms with van der Waals surface area (Å²) in [5, 5.41) is 3.22. The molecule has 1 aliphatic heterocycles. The maximum atomic E-state index is 5.19. The molecule has 3 nitrogen and oxygen atoms in total. The Labute approximate surface area is 120 Å². The number of ether oxygens (including phenoxy) is 1. The molecule has 19 heavy (non-hydrogen) atoms. The Bertz CT molecular complexity index is 439. The third kappa shape index (κ3) is 4.14. The number of nitrogens with one attached hydrogen (secondary N) is 1. The fourth-order valence-electron chi connectivity index (χ4n) is 2.46. The highest BCUT2D eigenvalue weighted by molar-refractivity contribution is 7.12. The molecule has 4 heteroatoms. The first kappa shape index (κ1) is 14.7. The van der Waals surface area contributed by atoms with E-state index in [1.165, 1.54) is 20.9 Å². The molecule has 2 rings (SSSR count).